The lowest BCUT2D eigenvalue weighted by Crippen LogP contribution is -1.98. The number of para-hydroxylation sites is 2. The van der Waals surface area contributed by atoms with Gasteiger partial charge in [-0.3, -0.25) is 10.1 Å². The summed E-state index contributed by atoms with van der Waals surface area (Å²) in [6, 6.07) is 15.7. The van der Waals surface area contributed by atoms with E-state index < -0.39 is 4.92 Å². The fourth-order valence-electron chi connectivity index (χ4n) is 1.98. The van der Waals surface area contributed by atoms with Crippen LogP contribution < -0.4 is 4.74 Å². The predicted octanol–water partition coefficient (Wildman–Crippen LogP) is 3.83. The lowest BCUT2D eigenvalue weighted by atomic mass is 10.2. The van der Waals surface area contributed by atoms with Gasteiger partial charge in [0.15, 0.2) is 18.1 Å². The molecule has 0 saturated carbocycles. The second-order valence-corrected chi connectivity index (χ2v) is 4.50. The van der Waals surface area contributed by atoms with Gasteiger partial charge in [-0.05, 0) is 6.07 Å². The molecule has 0 radical (unpaired) electrons. The minimum atomic E-state index is -0.486. The molecule has 0 spiro atoms. The zero-order chi connectivity index (χ0) is 15.4. The van der Waals surface area contributed by atoms with Crippen molar-refractivity contribution in [3.63, 3.8) is 0 Å². The van der Waals surface area contributed by atoms with E-state index in [2.05, 4.69) is 4.98 Å². The van der Waals surface area contributed by atoms with Crippen LogP contribution in [-0.4, -0.2) is 9.91 Å². The summed E-state index contributed by atoms with van der Waals surface area (Å²) in [6.45, 7) is 0.0255. The van der Waals surface area contributed by atoms with Crippen LogP contribution in [0.4, 0.5) is 5.69 Å². The number of nitro groups is 1. The number of aromatic nitrogens is 1. The number of oxazole rings is 1. The molecule has 0 unspecified atom stereocenters. The first kappa shape index (κ1) is 13.8. The Balaban J connectivity index is 1.73. The van der Waals surface area contributed by atoms with Gasteiger partial charge in [-0.2, -0.15) is 0 Å². The van der Waals surface area contributed by atoms with Gasteiger partial charge in [0.1, 0.15) is 0 Å². The Morgan fingerprint density at radius 1 is 1.09 bits per heavy atom. The van der Waals surface area contributed by atoms with Crippen LogP contribution in [0.1, 0.15) is 5.89 Å². The third-order valence-corrected chi connectivity index (χ3v) is 3.02. The van der Waals surface area contributed by atoms with Gasteiger partial charge in [0.2, 0.25) is 5.89 Å². The summed E-state index contributed by atoms with van der Waals surface area (Å²) in [5.41, 5.74) is 0.823. The quantitative estimate of drug-likeness (QED) is 0.528. The maximum Gasteiger partial charge on any atom is 0.310 e. The van der Waals surface area contributed by atoms with Crippen LogP contribution in [-0.2, 0) is 6.61 Å². The number of hydrogen-bond donors (Lipinski definition) is 0. The third kappa shape index (κ3) is 2.95. The molecule has 6 heteroatoms. The minimum absolute atomic E-state index is 0.0255. The molecule has 0 bridgehead atoms. The van der Waals surface area contributed by atoms with Crippen LogP contribution >= 0.6 is 0 Å². The summed E-state index contributed by atoms with van der Waals surface area (Å²) in [5, 5.41) is 10.9. The van der Waals surface area contributed by atoms with E-state index in [1.54, 1.807) is 24.4 Å². The fraction of sp³-hybridized carbons (Fsp3) is 0.0625. The van der Waals surface area contributed by atoms with E-state index in [0.717, 1.165) is 5.56 Å². The van der Waals surface area contributed by atoms with Crippen molar-refractivity contribution in [2.75, 3.05) is 0 Å². The Bertz CT molecular complexity index is 784. The van der Waals surface area contributed by atoms with Crippen molar-refractivity contribution in [2.45, 2.75) is 6.61 Å². The largest absolute Gasteiger partial charge is 0.477 e. The van der Waals surface area contributed by atoms with Crippen LogP contribution in [0.15, 0.2) is 65.2 Å². The van der Waals surface area contributed by atoms with Gasteiger partial charge in [-0.25, -0.2) is 4.98 Å². The lowest BCUT2D eigenvalue weighted by Gasteiger charge is -2.03. The highest BCUT2D eigenvalue weighted by Gasteiger charge is 2.15. The first-order chi connectivity index (χ1) is 10.7. The van der Waals surface area contributed by atoms with Gasteiger partial charge in [-0.1, -0.05) is 42.5 Å². The Hall–Kier alpha value is -3.15. The van der Waals surface area contributed by atoms with Crippen LogP contribution in [0.25, 0.3) is 11.3 Å². The Morgan fingerprint density at radius 2 is 1.82 bits per heavy atom. The SMILES string of the molecule is O=[N+]([O-])c1ccccc1OCc1ncc(-c2ccccc2)o1. The Morgan fingerprint density at radius 3 is 2.59 bits per heavy atom. The fourth-order valence-corrected chi connectivity index (χ4v) is 1.98. The summed E-state index contributed by atoms with van der Waals surface area (Å²) >= 11 is 0. The molecule has 0 aliphatic rings. The molecule has 22 heavy (non-hydrogen) atoms. The molecule has 0 saturated heterocycles. The lowest BCUT2D eigenvalue weighted by molar-refractivity contribution is -0.386. The molecular formula is C16H12N2O4. The van der Waals surface area contributed by atoms with Crippen LogP contribution in [0.5, 0.6) is 5.75 Å². The van der Waals surface area contributed by atoms with Gasteiger partial charge >= 0.3 is 5.69 Å². The smallest absolute Gasteiger partial charge is 0.310 e. The molecule has 2 aromatic carbocycles. The standard InChI is InChI=1S/C16H12N2O4/c19-18(20)13-8-4-5-9-14(13)21-11-16-17-10-15(22-16)12-6-2-1-3-7-12/h1-10H,11H2. The molecule has 0 N–H and O–H groups in total. The van der Waals surface area contributed by atoms with Crippen molar-refractivity contribution in [3.05, 3.63) is 76.8 Å². The Labute approximate surface area is 126 Å². The number of nitrogens with zero attached hydrogens (tertiary/aromatic N) is 2. The second-order valence-electron chi connectivity index (χ2n) is 4.50. The molecule has 3 aromatic rings. The monoisotopic (exact) mass is 296 g/mol. The van der Waals surface area contributed by atoms with Gasteiger partial charge < -0.3 is 9.15 Å². The van der Waals surface area contributed by atoms with E-state index in [4.69, 9.17) is 9.15 Å². The van der Waals surface area contributed by atoms with Crippen molar-refractivity contribution in [1.82, 2.24) is 4.98 Å². The number of hydrogen-bond acceptors (Lipinski definition) is 5. The zero-order valence-corrected chi connectivity index (χ0v) is 11.5. The highest BCUT2D eigenvalue weighted by molar-refractivity contribution is 5.55. The first-order valence-corrected chi connectivity index (χ1v) is 6.60. The minimum Gasteiger partial charge on any atom is -0.477 e. The average molecular weight is 296 g/mol. The van der Waals surface area contributed by atoms with Crippen molar-refractivity contribution < 1.29 is 14.1 Å². The normalized spacial score (nSPS) is 10.4. The van der Waals surface area contributed by atoms with Crippen molar-refractivity contribution in [3.8, 4) is 17.1 Å². The number of rotatable bonds is 5. The molecule has 0 aliphatic carbocycles. The summed E-state index contributed by atoms with van der Waals surface area (Å²) in [4.78, 5) is 14.5. The van der Waals surface area contributed by atoms with E-state index in [1.807, 2.05) is 30.3 Å². The summed E-state index contributed by atoms with van der Waals surface area (Å²) < 4.78 is 11.0. The first-order valence-electron chi connectivity index (χ1n) is 6.60. The van der Waals surface area contributed by atoms with Gasteiger partial charge in [-0.15, -0.1) is 0 Å². The molecule has 3 rings (SSSR count). The van der Waals surface area contributed by atoms with Crippen LogP contribution in [0.3, 0.4) is 0 Å². The van der Waals surface area contributed by atoms with Crippen molar-refractivity contribution >= 4 is 5.69 Å². The predicted molar refractivity (Wildman–Crippen MR) is 79.4 cm³/mol. The number of nitro benzene ring substituents is 1. The van der Waals surface area contributed by atoms with E-state index in [1.165, 1.54) is 6.07 Å². The molecule has 0 atom stereocenters. The maximum atomic E-state index is 10.9. The molecule has 1 aromatic heterocycles. The van der Waals surface area contributed by atoms with Gasteiger partial charge in [0, 0.05) is 11.6 Å². The van der Waals surface area contributed by atoms with E-state index >= 15 is 0 Å². The molecule has 0 fully saturated rings. The number of ether oxygens (including phenoxy) is 1. The Kier molecular flexibility index (Phi) is 3.82. The average Bonchev–Trinajstić information content (AvgIpc) is 3.03. The van der Waals surface area contributed by atoms with Gasteiger partial charge in [0.25, 0.3) is 0 Å². The van der Waals surface area contributed by atoms with E-state index in [0.29, 0.717) is 11.7 Å². The molecule has 1 heterocycles. The summed E-state index contributed by atoms with van der Waals surface area (Å²) in [6.07, 6.45) is 1.60. The highest BCUT2D eigenvalue weighted by Crippen LogP contribution is 2.27. The molecule has 110 valence electrons. The van der Waals surface area contributed by atoms with Crippen molar-refractivity contribution in [2.24, 2.45) is 0 Å². The van der Waals surface area contributed by atoms with Crippen molar-refractivity contribution in [1.29, 1.82) is 0 Å². The summed E-state index contributed by atoms with van der Waals surface area (Å²) in [7, 11) is 0. The molecule has 0 aliphatic heterocycles. The van der Waals surface area contributed by atoms with E-state index in [9.17, 15) is 10.1 Å². The van der Waals surface area contributed by atoms with Gasteiger partial charge in [0.05, 0.1) is 11.1 Å². The van der Waals surface area contributed by atoms with Crippen LogP contribution in [0, 0.1) is 10.1 Å². The molecule has 6 nitrogen and oxygen atoms in total. The maximum absolute atomic E-state index is 10.9. The summed E-state index contributed by atoms with van der Waals surface area (Å²) in [5.74, 6) is 1.17. The molecular weight excluding hydrogens is 284 g/mol. The van der Waals surface area contributed by atoms with E-state index in [-0.39, 0.29) is 18.0 Å². The third-order valence-electron chi connectivity index (χ3n) is 3.02. The second kappa shape index (κ2) is 6.09. The topological polar surface area (TPSA) is 78.4 Å². The number of benzene rings is 2. The zero-order valence-electron chi connectivity index (χ0n) is 11.5. The molecule has 0 amide bonds. The highest BCUT2D eigenvalue weighted by atomic mass is 16.6. The van der Waals surface area contributed by atoms with Crippen LogP contribution in [0.2, 0.25) is 0 Å².